The van der Waals surface area contributed by atoms with E-state index in [1.807, 2.05) is 0 Å². The van der Waals surface area contributed by atoms with Gasteiger partial charge < -0.3 is 0 Å². The van der Waals surface area contributed by atoms with E-state index in [1.165, 1.54) is 12.1 Å². The van der Waals surface area contributed by atoms with Crippen LogP contribution in [0.1, 0.15) is 13.8 Å². The summed E-state index contributed by atoms with van der Waals surface area (Å²) >= 11 is 0. The Balaban J connectivity index is 6.25. The van der Waals surface area contributed by atoms with Gasteiger partial charge in [-0.25, -0.2) is 0 Å². The minimum absolute atomic E-state index is 0.208. The standard InChI is InChI=1S/C14H37Si4/c1-12-15(13-2)14(16(3,4)5,17(6,7)8)18(9,10)11/h12-13H2,1-11H3. The van der Waals surface area contributed by atoms with Gasteiger partial charge in [-0.2, -0.15) is 0 Å². The number of hydrogen-bond donors (Lipinski definition) is 0. The van der Waals surface area contributed by atoms with E-state index in [2.05, 4.69) is 72.8 Å². The maximum Gasteiger partial charge on any atom is 0.0454 e. The van der Waals surface area contributed by atoms with Gasteiger partial charge in [-0.3, -0.25) is 0 Å². The van der Waals surface area contributed by atoms with Crippen molar-refractivity contribution < 1.29 is 0 Å². The predicted octanol–water partition coefficient (Wildman–Crippen LogP) is 5.89. The Morgan fingerprint density at radius 2 is 0.833 bits per heavy atom. The number of rotatable bonds is 6. The van der Waals surface area contributed by atoms with Gasteiger partial charge in [-0.05, 0) is 3.91 Å². The molecular weight excluding hydrogens is 280 g/mol. The molecule has 0 N–H and O–H groups in total. The van der Waals surface area contributed by atoms with Gasteiger partial charge in [-0.1, -0.05) is 84.9 Å². The first-order valence-corrected chi connectivity index (χ1v) is 20.0. The molecule has 4 heteroatoms. The first kappa shape index (κ1) is 18.9. The van der Waals surface area contributed by atoms with Crippen molar-refractivity contribution in [3.63, 3.8) is 0 Å². The minimum Gasteiger partial charge on any atom is -0.0698 e. The maximum atomic E-state index is 2.68. The van der Waals surface area contributed by atoms with E-state index in [4.69, 9.17) is 0 Å². The second kappa shape index (κ2) is 5.70. The summed E-state index contributed by atoms with van der Waals surface area (Å²) in [6.45, 7) is 29.1. The van der Waals surface area contributed by atoms with Crippen LogP contribution in [0.15, 0.2) is 0 Å². The van der Waals surface area contributed by atoms with Gasteiger partial charge in [0.1, 0.15) is 0 Å². The molecule has 0 fully saturated rings. The Morgan fingerprint density at radius 3 is 0.889 bits per heavy atom. The molecule has 0 saturated heterocycles. The fourth-order valence-electron chi connectivity index (χ4n) is 5.75. The highest BCUT2D eigenvalue weighted by Crippen LogP contribution is 2.56. The van der Waals surface area contributed by atoms with Crippen LogP contribution < -0.4 is 0 Å². The van der Waals surface area contributed by atoms with Crippen molar-refractivity contribution >= 4 is 33.0 Å². The third-order valence-corrected chi connectivity index (χ3v) is 37.7. The third-order valence-electron chi connectivity index (χ3n) is 4.76. The van der Waals surface area contributed by atoms with E-state index >= 15 is 0 Å². The summed E-state index contributed by atoms with van der Waals surface area (Å²) in [5.41, 5.74) is 0. The van der Waals surface area contributed by atoms with Gasteiger partial charge >= 0.3 is 0 Å². The molecule has 0 aliphatic carbocycles. The molecule has 0 rings (SSSR count). The molecule has 0 heterocycles. The molecule has 0 aliphatic heterocycles. The molecule has 18 heavy (non-hydrogen) atoms. The molecule has 109 valence electrons. The van der Waals surface area contributed by atoms with Crippen molar-refractivity contribution in [3.05, 3.63) is 0 Å². The summed E-state index contributed by atoms with van der Waals surface area (Å²) in [6, 6.07) is 2.97. The van der Waals surface area contributed by atoms with Gasteiger partial charge in [0, 0.05) is 33.0 Å². The monoisotopic (exact) mass is 317 g/mol. The minimum atomic E-state index is -1.14. The summed E-state index contributed by atoms with van der Waals surface area (Å²) < 4.78 is 0.848. The van der Waals surface area contributed by atoms with Crippen LogP contribution in [-0.4, -0.2) is 33.0 Å². The van der Waals surface area contributed by atoms with Crippen molar-refractivity contribution in [2.24, 2.45) is 0 Å². The van der Waals surface area contributed by atoms with E-state index in [1.54, 1.807) is 0 Å². The molecule has 0 bridgehead atoms. The largest absolute Gasteiger partial charge is 0.0698 e. The normalized spacial score (nSPS) is 15.3. The average Bonchev–Trinajstić information content (AvgIpc) is 2.06. The molecule has 0 aromatic carbocycles. The van der Waals surface area contributed by atoms with Crippen LogP contribution in [0.5, 0.6) is 0 Å². The Labute approximate surface area is 122 Å². The SMILES string of the molecule is CC[Si](CC)C([Si](C)(C)C)([Si](C)(C)C)[Si](C)(C)C. The van der Waals surface area contributed by atoms with Crippen molar-refractivity contribution in [2.45, 2.75) is 88.8 Å². The molecule has 0 saturated carbocycles. The average molecular weight is 318 g/mol. The van der Waals surface area contributed by atoms with Crippen LogP contribution in [0.2, 0.25) is 74.9 Å². The maximum absolute atomic E-state index is 2.68. The molecule has 0 aromatic heterocycles. The van der Waals surface area contributed by atoms with Gasteiger partial charge in [0.2, 0.25) is 0 Å². The second-order valence-electron chi connectivity index (χ2n) is 8.81. The van der Waals surface area contributed by atoms with Gasteiger partial charge in [0.25, 0.3) is 0 Å². The topological polar surface area (TPSA) is 0 Å². The van der Waals surface area contributed by atoms with Crippen LogP contribution in [0.4, 0.5) is 0 Å². The molecule has 0 atom stereocenters. The fourth-order valence-corrected chi connectivity index (χ4v) is 50.2. The highest BCUT2D eigenvalue weighted by atomic mass is 28.5. The molecule has 0 unspecified atom stereocenters. The van der Waals surface area contributed by atoms with E-state index < -0.39 is 24.2 Å². The summed E-state index contributed by atoms with van der Waals surface area (Å²) in [4.78, 5) is 0. The summed E-state index contributed by atoms with van der Waals surface area (Å²) in [5.74, 6) is 0. The zero-order valence-corrected chi connectivity index (χ0v) is 18.9. The number of hydrogen-bond acceptors (Lipinski definition) is 0. The van der Waals surface area contributed by atoms with E-state index in [-0.39, 0.29) is 8.80 Å². The predicted molar refractivity (Wildman–Crippen MR) is 99.4 cm³/mol. The molecule has 0 aliphatic rings. The van der Waals surface area contributed by atoms with E-state index in [0.29, 0.717) is 0 Å². The van der Waals surface area contributed by atoms with Crippen LogP contribution in [0.3, 0.4) is 0 Å². The lowest BCUT2D eigenvalue weighted by molar-refractivity contribution is 1.13. The zero-order valence-electron chi connectivity index (χ0n) is 14.9. The Morgan fingerprint density at radius 1 is 0.611 bits per heavy atom. The van der Waals surface area contributed by atoms with Gasteiger partial charge in [0.05, 0.1) is 0 Å². The smallest absolute Gasteiger partial charge is 0.0454 e. The van der Waals surface area contributed by atoms with E-state index in [0.717, 1.165) is 3.91 Å². The van der Waals surface area contributed by atoms with Crippen molar-refractivity contribution in [2.75, 3.05) is 0 Å². The molecule has 1 radical (unpaired) electrons. The van der Waals surface area contributed by atoms with Crippen molar-refractivity contribution in [1.82, 2.24) is 0 Å². The fraction of sp³-hybridized carbons (Fsp3) is 1.00. The second-order valence-corrected chi connectivity index (χ2v) is 30.9. The Bertz CT molecular complexity index is 225. The van der Waals surface area contributed by atoms with Crippen molar-refractivity contribution in [3.8, 4) is 0 Å². The quantitative estimate of drug-likeness (QED) is 0.535. The lowest BCUT2D eigenvalue weighted by atomic mass is 10.9. The van der Waals surface area contributed by atoms with Gasteiger partial charge in [0.15, 0.2) is 0 Å². The lowest BCUT2D eigenvalue weighted by Crippen LogP contribution is -2.71. The molecular formula is C14H37Si4. The highest BCUT2D eigenvalue weighted by molar-refractivity contribution is 7.26. The third kappa shape index (κ3) is 2.96. The molecule has 0 spiro atoms. The van der Waals surface area contributed by atoms with Crippen molar-refractivity contribution in [1.29, 1.82) is 0 Å². The van der Waals surface area contributed by atoms with Gasteiger partial charge in [-0.15, -0.1) is 0 Å². The van der Waals surface area contributed by atoms with Crippen LogP contribution in [0, 0.1) is 0 Å². The zero-order chi connectivity index (χ0) is 15.0. The highest BCUT2D eigenvalue weighted by Gasteiger charge is 2.62. The Kier molecular flexibility index (Phi) is 5.97. The first-order chi connectivity index (χ1) is 7.77. The summed E-state index contributed by atoms with van der Waals surface area (Å²) in [6.07, 6.45) is 0. The Hall–Kier alpha value is 0.868. The summed E-state index contributed by atoms with van der Waals surface area (Å²) in [5, 5.41) is 0. The first-order valence-electron chi connectivity index (χ1n) is 7.62. The molecule has 0 aromatic rings. The molecule has 0 amide bonds. The summed E-state index contributed by atoms with van der Waals surface area (Å²) in [7, 11) is -3.64. The van der Waals surface area contributed by atoms with E-state index in [9.17, 15) is 0 Å². The van der Waals surface area contributed by atoms with Crippen LogP contribution >= 0.6 is 0 Å². The lowest BCUT2D eigenvalue weighted by Gasteiger charge is -2.62. The molecule has 0 nitrogen and oxygen atoms in total. The van der Waals surface area contributed by atoms with Crippen LogP contribution in [0.25, 0.3) is 0 Å². The van der Waals surface area contributed by atoms with Crippen LogP contribution in [-0.2, 0) is 0 Å².